The molecule has 0 saturated heterocycles. The Hall–Kier alpha value is -1.74. The van der Waals surface area contributed by atoms with E-state index in [9.17, 15) is 4.39 Å². The van der Waals surface area contributed by atoms with Gasteiger partial charge in [-0.2, -0.15) is 0 Å². The first-order chi connectivity index (χ1) is 10.6. The molecular formula is C18H18ClFO2. The van der Waals surface area contributed by atoms with Gasteiger partial charge in [-0.15, -0.1) is 11.6 Å². The molecule has 0 unspecified atom stereocenters. The lowest BCUT2D eigenvalue weighted by Crippen LogP contribution is -2.17. The highest BCUT2D eigenvalue weighted by Gasteiger charge is 2.24. The number of alkyl halides is 1. The number of benzene rings is 2. The lowest BCUT2D eigenvalue weighted by Gasteiger charge is -2.26. The molecule has 2 aromatic rings. The molecule has 0 aliphatic carbocycles. The molecule has 0 atom stereocenters. The van der Waals surface area contributed by atoms with Crippen molar-refractivity contribution in [2.75, 3.05) is 13.2 Å². The van der Waals surface area contributed by atoms with E-state index in [0.717, 1.165) is 28.0 Å². The maximum Gasteiger partial charge on any atom is 0.169 e. The van der Waals surface area contributed by atoms with Gasteiger partial charge in [0.2, 0.25) is 0 Å². The van der Waals surface area contributed by atoms with Gasteiger partial charge in [-0.3, -0.25) is 0 Å². The summed E-state index contributed by atoms with van der Waals surface area (Å²) >= 11 is 6.23. The van der Waals surface area contributed by atoms with E-state index in [4.69, 9.17) is 21.1 Å². The van der Waals surface area contributed by atoms with Crippen molar-refractivity contribution in [2.24, 2.45) is 0 Å². The number of hydrogen-bond donors (Lipinski definition) is 0. The molecule has 22 heavy (non-hydrogen) atoms. The molecule has 0 radical (unpaired) electrons. The maximum atomic E-state index is 13.2. The number of halogens is 2. The van der Waals surface area contributed by atoms with E-state index in [1.54, 1.807) is 12.1 Å². The second-order valence-corrected chi connectivity index (χ2v) is 5.91. The van der Waals surface area contributed by atoms with Crippen LogP contribution >= 0.6 is 11.6 Å². The van der Waals surface area contributed by atoms with Gasteiger partial charge in [0.25, 0.3) is 0 Å². The number of rotatable bonds is 3. The minimum Gasteiger partial charge on any atom is -0.486 e. The Labute approximate surface area is 134 Å². The van der Waals surface area contributed by atoms with Crippen molar-refractivity contribution in [3.05, 3.63) is 47.3 Å². The summed E-state index contributed by atoms with van der Waals surface area (Å²) in [6, 6.07) is 8.42. The predicted octanol–water partition coefficient (Wildman–Crippen LogP) is 5.13. The average Bonchev–Trinajstić information content (AvgIpc) is 2.53. The van der Waals surface area contributed by atoms with Gasteiger partial charge in [0.15, 0.2) is 11.5 Å². The van der Waals surface area contributed by atoms with Crippen LogP contribution in [0.4, 0.5) is 4.39 Å². The summed E-state index contributed by atoms with van der Waals surface area (Å²) in [4.78, 5) is 0. The van der Waals surface area contributed by atoms with Gasteiger partial charge in [-0.1, -0.05) is 26.0 Å². The van der Waals surface area contributed by atoms with Crippen molar-refractivity contribution in [3.63, 3.8) is 0 Å². The van der Waals surface area contributed by atoms with E-state index in [-0.39, 0.29) is 5.82 Å². The second kappa shape index (κ2) is 6.17. The predicted molar refractivity (Wildman–Crippen MR) is 86.5 cm³/mol. The topological polar surface area (TPSA) is 18.5 Å². The third-order valence-electron chi connectivity index (χ3n) is 3.86. The van der Waals surface area contributed by atoms with Crippen LogP contribution in [0.3, 0.4) is 0 Å². The fourth-order valence-electron chi connectivity index (χ4n) is 2.83. The van der Waals surface area contributed by atoms with Crippen molar-refractivity contribution >= 4 is 11.6 Å². The molecule has 1 aliphatic rings. The lowest BCUT2D eigenvalue weighted by atomic mass is 9.89. The molecule has 0 amide bonds. The van der Waals surface area contributed by atoms with Crippen molar-refractivity contribution in [3.8, 4) is 22.6 Å². The molecule has 116 valence electrons. The Balaban J connectivity index is 2.29. The van der Waals surface area contributed by atoms with Gasteiger partial charge in [-0.25, -0.2) is 4.39 Å². The van der Waals surface area contributed by atoms with E-state index in [0.29, 0.717) is 30.8 Å². The summed E-state index contributed by atoms with van der Waals surface area (Å²) in [6.45, 7) is 5.28. The quantitative estimate of drug-likeness (QED) is 0.730. The third kappa shape index (κ3) is 2.66. The summed E-state index contributed by atoms with van der Waals surface area (Å²) in [5, 5.41) is 0. The summed E-state index contributed by atoms with van der Waals surface area (Å²) < 4.78 is 24.8. The summed E-state index contributed by atoms with van der Waals surface area (Å²) in [5.41, 5.74) is 3.96. The molecule has 0 N–H and O–H groups in total. The SMILES string of the molecule is CC(C)c1cc2c(c(-c3ccc(F)cc3)c1CCl)OCCO2. The zero-order valence-corrected chi connectivity index (χ0v) is 13.4. The van der Waals surface area contributed by atoms with Crippen LogP contribution in [0.15, 0.2) is 30.3 Å². The summed E-state index contributed by atoms with van der Waals surface area (Å²) in [6.07, 6.45) is 0. The number of fused-ring (bicyclic) bond motifs is 1. The van der Waals surface area contributed by atoms with Gasteiger partial charge in [0, 0.05) is 11.4 Å². The van der Waals surface area contributed by atoms with Crippen molar-refractivity contribution in [2.45, 2.75) is 25.6 Å². The highest BCUT2D eigenvalue weighted by atomic mass is 35.5. The van der Waals surface area contributed by atoms with Gasteiger partial charge < -0.3 is 9.47 Å². The normalized spacial score (nSPS) is 13.5. The van der Waals surface area contributed by atoms with Gasteiger partial charge in [0.05, 0.1) is 0 Å². The molecule has 2 nitrogen and oxygen atoms in total. The molecule has 0 aromatic heterocycles. The Kier molecular flexibility index (Phi) is 4.25. The molecule has 0 fully saturated rings. The Bertz CT molecular complexity index is 680. The number of hydrogen-bond acceptors (Lipinski definition) is 2. The molecular weight excluding hydrogens is 303 g/mol. The minimum absolute atomic E-state index is 0.262. The number of ether oxygens (including phenoxy) is 2. The van der Waals surface area contributed by atoms with Crippen LogP contribution in [-0.4, -0.2) is 13.2 Å². The first-order valence-electron chi connectivity index (χ1n) is 7.39. The largest absolute Gasteiger partial charge is 0.486 e. The van der Waals surface area contributed by atoms with E-state index in [2.05, 4.69) is 13.8 Å². The van der Waals surface area contributed by atoms with Gasteiger partial charge in [-0.05, 0) is 40.8 Å². The minimum atomic E-state index is -0.262. The van der Waals surface area contributed by atoms with Crippen LogP contribution in [0.1, 0.15) is 30.9 Å². The van der Waals surface area contributed by atoms with Crippen molar-refractivity contribution in [1.29, 1.82) is 0 Å². The molecule has 4 heteroatoms. The Morgan fingerprint density at radius 3 is 2.45 bits per heavy atom. The maximum absolute atomic E-state index is 13.2. The molecule has 0 spiro atoms. The molecule has 0 saturated carbocycles. The van der Waals surface area contributed by atoms with E-state index in [1.165, 1.54) is 12.1 Å². The summed E-state index contributed by atoms with van der Waals surface area (Å²) in [7, 11) is 0. The molecule has 3 rings (SSSR count). The Morgan fingerprint density at radius 2 is 1.82 bits per heavy atom. The zero-order chi connectivity index (χ0) is 15.7. The first-order valence-corrected chi connectivity index (χ1v) is 7.92. The standard InChI is InChI=1S/C18H18ClFO2/c1-11(2)14-9-16-18(22-8-7-21-16)17(15(14)10-19)12-3-5-13(20)6-4-12/h3-6,9,11H,7-8,10H2,1-2H3. The van der Waals surface area contributed by atoms with Crippen molar-refractivity contribution < 1.29 is 13.9 Å². The van der Waals surface area contributed by atoms with E-state index in [1.807, 2.05) is 6.07 Å². The summed E-state index contributed by atoms with van der Waals surface area (Å²) in [5.74, 6) is 1.86. The third-order valence-corrected chi connectivity index (χ3v) is 4.13. The highest BCUT2D eigenvalue weighted by molar-refractivity contribution is 6.17. The van der Waals surface area contributed by atoms with Crippen LogP contribution in [0.2, 0.25) is 0 Å². The van der Waals surface area contributed by atoms with Crippen LogP contribution in [-0.2, 0) is 5.88 Å². The second-order valence-electron chi connectivity index (χ2n) is 5.64. The fraction of sp³-hybridized carbons (Fsp3) is 0.333. The smallest absolute Gasteiger partial charge is 0.169 e. The molecule has 0 bridgehead atoms. The molecule has 1 heterocycles. The lowest BCUT2D eigenvalue weighted by molar-refractivity contribution is 0.172. The van der Waals surface area contributed by atoms with Crippen molar-refractivity contribution in [1.82, 2.24) is 0 Å². The van der Waals surface area contributed by atoms with Crippen LogP contribution in [0.5, 0.6) is 11.5 Å². The van der Waals surface area contributed by atoms with Crippen LogP contribution in [0, 0.1) is 5.82 Å². The highest BCUT2D eigenvalue weighted by Crippen LogP contribution is 2.46. The van der Waals surface area contributed by atoms with E-state index < -0.39 is 0 Å². The Morgan fingerprint density at radius 1 is 1.14 bits per heavy atom. The fourth-order valence-corrected chi connectivity index (χ4v) is 3.11. The van der Waals surface area contributed by atoms with E-state index >= 15 is 0 Å². The molecule has 1 aliphatic heterocycles. The van der Waals surface area contributed by atoms with Crippen LogP contribution < -0.4 is 9.47 Å². The molecule has 2 aromatic carbocycles. The van der Waals surface area contributed by atoms with Gasteiger partial charge >= 0.3 is 0 Å². The zero-order valence-electron chi connectivity index (χ0n) is 12.7. The van der Waals surface area contributed by atoms with Crippen LogP contribution in [0.25, 0.3) is 11.1 Å². The van der Waals surface area contributed by atoms with Gasteiger partial charge in [0.1, 0.15) is 19.0 Å². The monoisotopic (exact) mass is 320 g/mol. The first kappa shape index (κ1) is 15.2. The average molecular weight is 321 g/mol.